The lowest BCUT2D eigenvalue weighted by Gasteiger charge is -2.36. The van der Waals surface area contributed by atoms with Gasteiger partial charge in [-0.1, -0.05) is 6.07 Å². The van der Waals surface area contributed by atoms with E-state index < -0.39 is 0 Å². The van der Waals surface area contributed by atoms with E-state index in [9.17, 15) is 4.39 Å². The molecular formula is C14H20FNO. The second-order valence-electron chi connectivity index (χ2n) is 4.95. The Kier molecular flexibility index (Phi) is 3.79. The molecule has 1 aliphatic rings. The van der Waals surface area contributed by atoms with Gasteiger partial charge in [-0.3, -0.25) is 0 Å². The fourth-order valence-electron chi connectivity index (χ4n) is 2.62. The molecule has 2 nitrogen and oxygen atoms in total. The number of rotatable bonds is 3. The highest BCUT2D eigenvalue weighted by Gasteiger charge is 2.32. The molecule has 1 aromatic rings. The average molecular weight is 237 g/mol. The standard InChI is InChI=1S/C14H20FNO/c1-11-7-12(9-13(15)8-11)10-14(17-2)3-5-16-6-4-14/h7-9,16H,3-6,10H2,1-2H3. The highest BCUT2D eigenvalue weighted by Crippen LogP contribution is 2.27. The van der Waals surface area contributed by atoms with E-state index in [0.717, 1.165) is 43.5 Å². The summed E-state index contributed by atoms with van der Waals surface area (Å²) < 4.78 is 19.1. The third kappa shape index (κ3) is 3.05. The van der Waals surface area contributed by atoms with Crippen molar-refractivity contribution in [2.75, 3.05) is 20.2 Å². The first-order valence-corrected chi connectivity index (χ1v) is 6.15. The van der Waals surface area contributed by atoms with Crippen molar-refractivity contribution in [3.63, 3.8) is 0 Å². The molecule has 0 aliphatic carbocycles. The summed E-state index contributed by atoms with van der Waals surface area (Å²) in [4.78, 5) is 0. The fraction of sp³-hybridized carbons (Fsp3) is 0.571. The van der Waals surface area contributed by atoms with Crippen molar-refractivity contribution in [2.45, 2.75) is 31.8 Å². The maximum absolute atomic E-state index is 13.4. The second kappa shape index (κ2) is 5.15. The summed E-state index contributed by atoms with van der Waals surface area (Å²) in [6.07, 6.45) is 2.77. The van der Waals surface area contributed by atoms with Crippen LogP contribution < -0.4 is 5.32 Å². The van der Waals surface area contributed by atoms with Crippen molar-refractivity contribution in [2.24, 2.45) is 0 Å². The number of piperidine rings is 1. The minimum absolute atomic E-state index is 0.120. The summed E-state index contributed by atoms with van der Waals surface area (Å²) >= 11 is 0. The van der Waals surface area contributed by atoms with Crippen molar-refractivity contribution >= 4 is 0 Å². The largest absolute Gasteiger partial charge is 0.378 e. The van der Waals surface area contributed by atoms with Crippen LogP contribution in [0.25, 0.3) is 0 Å². The van der Waals surface area contributed by atoms with Crippen LogP contribution in [0.5, 0.6) is 0 Å². The molecular weight excluding hydrogens is 217 g/mol. The minimum Gasteiger partial charge on any atom is -0.378 e. The summed E-state index contributed by atoms with van der Waals surface area (Å²) in [7, 11) is 1.76. The normalized spacial score (nSPS) is 19.2. The van der Waals surface area contributed by atoms with Crippen LogP contribution in [0.1, 0.15) is 24.0 Å². The lowest BCUT2D eigenvalue weighted by molar-refractivity contribution is -0.0334. The molecule has 2 rings (SSSR count). The Hall–Kier alpha value is -0.930. The van der Waals surface area contributed by atoms with Crippen LogP contribution in [0.2, 0.25) is 0 Å². The number of halogens is 1. The average Bonchev–Trinajstić information content (AvgIpc) is 2.29. The monoisotopic (exact) mass is 237 g/mol. The van der Waals surface area contributed by atoms with Crippen molar-refractivity contribution in [3.05, 3.63) is 35.1 Å². The first-order valence-electron chi connectivity index (χ1n) is 6.15. The van der Waals surface area contributed by atoms with E-state index in [2.05, 4.69) is 5.32 Å². The fourth-order valence-corrected chi connectivity index (χ4v) is 2.62. The molecule has 1 aliphatic heterocycles. The van der Waals surface area contributed by atoms with Gasteiger partial charge in [-0.15, -0.1) is 0 Å². The molecule has 0 atom stereocenters. The first-order chi connectivity index (χ1) is 8.13. The van der Waals surface area contributed by atoms with Crippen molar-refractivity contribution in [1.29, 1.82) is 0 Å². The molecule has 1 saturated heterocycles. The van der Waals surface area contributed by atoms with Crippen LogP contribution in [-0.4, -0.2) is 25.8 Å². The van der Waals surface area contributed by atoms with E-state index in [1.165, 1.54) is 0 Å². The Morgan fingerprint density at radius 3 is 2.59 bits per heavy atom. The van der Waals surface area contributed by atoms with Crippen LogP contribution in [0.15, 0.2) is 18.2 Å². The van der Waals surface area contributed by atoms with Crippen LogP contribution in [0, 0.1) is 12.7 Å². The third-order valence-corrected chi connectivity index (χ3v) is 3.58. The maximum Gasteiger partial charge on any atom is 0.123 e. The summed E-state index contributed by atoms with van der Waals surface area (Å²) in [6.45, 7) is 3.87. The molecule has 1 N–H and O–H groups in total. The molecule has 0 bridgehead atoms. The van der Waals surface area contributed by atoms with E-state index in [-0.39, 0.29) is 11.4 Å². The first kappa shape index (κ1) is 12.5. The van der Waals surface area contributed by atoms with Gasteiger partial charge in [-0.2, -0.15) is 0 Å². The number of methoxy groups -OCH3 is 1. The molecule has 1 fully saturated rings. The zero-order valence-corrected chi connectivity index (χ0v) is 10.6. The Morgan fingerprint density at radius 1 is 1.29 bits per heavy atom. The molecule has 0 spiro atoms. The Bertz CT molecular complexity index is 366. The van der Waals surface area contributed by atoms with E-state index in [1.807, 2.05) is 13.0 Å². The molecule has 1 heterocycles. The quantitative estimate of drug-likeness (QED) is 0.872. The van der Waals surface area contributed by atoms with Gasteiger partial charge in [0.15, 0.2) is 0 Å². The van der Waals surface area contributed by atoms with E-state index in [4.69, 9.17) is 4.74 Å². The van der Waals surface area contributed by atoms with E-state index >= 15 is 0 Å². The van der Waals surface area contributed by atoms with Gasteiger partial charge in [0.25, 0.3) is 0 Å². The SMILES string of the molecule is COC1(Cc2cc(C)cc(F)c2)CCNCC1. The predicted octanol–water partition coefficient (Wildman–Crippen LogP) is 2.45. The Morgan fingerprint density at radius 2 is 2.00 bits per heavy atom. The van der Waals surface area contributed by atoms with Gasteiger partial charge in [-0.05, 0) is 56.1 Å². The lowest BCUT2D eigenvalue weighted by Crippen LogP contribution is -2.45. The molecule has 0 saturated carbocycles. The number of hydrogen-bond donors (Lipinski definition) is 1. The van der Waals surface area contributed by atoms with Gasteiger partial charge in [0, 0.05) is 13.5 Å². The van der Waals surface area contributed by atoms with Gasteiger partial charge < -0.3 is 10.1 Å². The molecule has 0 radical (unpaired) electrons. The Labute approximate surface area is 102 Å². The molecule has 0 amide bonds. The molecule has 94 valence electrons. The van der Waals surface area contributed by atoms with Crippen molar-refractivity contribution < 1.29 is 9.13 Å². The van der Waals surface area contributed by atoms with Crippen LogP contribution in [-0.2, 0) is 11.2 Å². The number of nitrogens with one attached hydrogen (secondary N) is 1. The topological polar surface area (TPSA) is 21.3 Å². The zero-order chi connectivity index (χ0) is 12.3. The lowest BCUT2D eigenvalue weighted by atomic mass is 9.85. The van der Waals surface area contributed by atoms with Crippen LogP contribution >= 0.6 is 0 Å². The smallest absolute Gasteiger partial charge is 0.123 e. The maximum atomic E-state index is 13.4. The van der Waals surface area contributed by atoms with Crippen LogP contribution in [0.4, 0.5) is 4.39 Å². The van der Waals surface area contributed by atoms with E-state index in [1.54, 1.807) is 19.2 Å². The summed E-state index contributed by atoms with van der Waals surface area (Å²) in [5.74, 6) is -0.153. The number of aryl methyl sites for hydroxylation is 1. The minimum atomic E-state index is -0.153. The molecule has 0 aromatic heterocycles. The van der Waals surface area contributed by atoms with Gasteiger partial charge in [0.1, 0.15) is 5.82 Å². The molecule has 3 heteroatoms. The highest BCUT2D eigenvalue weighted by atomic mass is 19.1. The summed E-state index contributed by atoms with van der Waals surface area (Å²) in [6, 6.07) is 5.23. The van der Waals surface area contributed by atoms with E-state index in [0.29, 0.717) is 0 Å². The summed E-state index contributed by atoms with van der Waals surface area (Å²) in [5, 5.41) is 3.33. The predicted molar refractivity (Wildman–Crippen MR) is 66.7 cm³/mol. The number of hydrogen-bond acceptors (Lipinski definition) is 2. The molecule has 17 heavy (non-hydrogen) atoms. The number of ether oxygens (including phenoxy) is 1. The van der Waals surface area contributed by atoms with Crippen LogP contribution in [0.3, 0.4) is 0 Å². The van der Waals surface area contributed by atoms with Gasteiger partial charge in [0.05, 0.1) is 5.60 Å². The Balaban J connectivity index is 2.17. The summed E-state index contributed by atoms with van der Waals surface area (Å²) in [5.41, 5.74) is 1.89. The van der Waals surface area contributed by atoms with Crippen molar-refractivity contribution in [3.8, 4) is 0 Å². The zero-order valence-electron chi connectivity index (χ0n) is 10.6. The number of benzene rings is 1. The molecule has 0 unspecified atom stereocenters. The van der Waals surface area contributed by atoms with Gasteiger partial charge in [-0.25, -0.2) is 4.39 Å². The van der Waals surface area contributed by atoms with Gasteiger partial charge in [0.2, 0.25) is 0 Å². The highest BCUT2D eigenvalue weighted by molar-refractivity contribution is 5.25. The van der Waals surface area contributed by atoms with Gasteiger partial charge >= 0.3 is 0 Å². The molecule has 1 aromatic carbocycles. The van der Waals surface area contributed by atoms with Crippen molar-refractivity contribution in [1.82, 2.24) is 5.32 Å². The third-order valence-electron chi connectivity index (χ3n) is 3.58. The second-order valence-corrected chi connectivity index (χ2v) is 4.95.